The molecule has 1 aliphatic heterocycles. The van der Waals surface area contributed by atoms with Gasteiger partial charge in [0.15, 0.2) is 0 Å². The maximum atomic E-state index is 11.9. The molecule has 1 rings (SSSR count). The van der Waals surface area contributed by atoms with Gasteiger partial charge in [0, 0.05) is 6.54 Å². The zero-order valence-corrected chi connectivity index (χ0v) is 9.35. The molecule has 5 N–H and O–H groups in total. The topological polar surface area (TPSA) is 128 Å². The summed E-state index contributed by atoms with van der Waals surface area (Å²) in [6, 6.07) is -0.567. The second-order valence-corrected chi connectivity index (χ2v) is 3.71. The number of hydrogen-bond acceptors (Lipinski definition) is 5. The first kappa shape index (κ1) is 13.4. The number of hydrogen-bond donors (Lipinski definition) is 3. The van der Waals surface area contributed by atoms with Crippen LogP contribution in [0.15, 0.2) is 0 Å². The van der Waals surface area contributed by atoms with Crippen LogP contribution in [0.2, 0.25) is 0 Å². The Morgan fingerprint density at radius 1 is 1.24 bits per heavy atom. The predicted octanol–water partition coefficient (Wildman–Crippen LogP) is -3.23. The number of rotatable bonds is 5. The fourth-order valence-corrected chi connectivity index (χ4v) is 1.53. The molecule has 0 spiro atoms. The van der Waals surface area contributed by atoms with E-state index in [9.17, 15) is 14.4 Å². The summed E-state index contributed by atoms with van der Waals surface area (Å²) in [6.45, 7) is 0.597. The molecular weight excluding hydrogens is 228 g/mol. The highest BCUT2D eigenvalue weighted by molar-refractivity contribution is 5.90. The number of primary amides is 2. The van der Waals surface area contributed by atoms with Crippen molar-refractivity contribution in [2.45, 2.75) is 6.04 Å². The Morgan fingerprint density at radius 2 is 1.82 bits per heavy atom. The highest BCUT2D eigenvalue weighted by atomic mass is 16.5. The van der Waals surface area contributed by atoms with Crippen LogP contribution in [0.5, 0.6) is 0 Å². The van der Waals surface area contributed by atoms with Gasteiger partial charge >= 0.3 is 0 Å². The summed E-state index contributed by atoms with van der Waals surface area (Å²) >= 11 is 0. The number of nitrogens with two attached hydrogens (primary N) is 2. The third-order valence-corrected chi connectivity index (χ3v) is 2.22. The fraction of sp³-hybridized carbons (Fsp3) is 0.667. The Morgan fingerprint density at radius 3 is 2.24 bits per heavy atom. The molecule has 0 aromatic rings. The SMILES string of the molecule is NC(=O)CN(CC(N)=O)C(=O)C1COCCN1. The number of nitrogens with one attached hydrogen (secondary N) is 1. The van der Waals surface area contributed by atoms with Crippen LogP contribution in [0.25, 0.3) is 0 Å². The Kier molecular flexibility index (Phi) is 4.85. The van der Waals surface area contributed by atoms with Crippen molar-refractivity contribution in [3.05, 3.63) is 0 Å². The average Bonchev–Trinajstić information content (AvgIpc) is 2.27. The number of morpholine rings is 1. The smallest absolute Gasteiger partial charge is 0.243 e. The number of carbonyl (C=O) groups is 3. The monoisotopic (exact) mass is 244 g/mol. The molecule has 8 nitrogen and oxygen atoms in total. The lowest BCUT2D eigenvalue weighted by atomic mass is 10.2. The van der Waals surface area contributed by atoms with Crippen LogP contribution < -0.4 is 16.8 Å². The average molecular weight is 244 g/mol. The zero-order chi connectivity index (χ0) is 12.8. The third-order valence-electron chi connectivity index (χ3n) is 2.22. The maximum absolute atomic E-state index is 11.9. The number of carbonyl (C=O) groups excluding carboxylic acids is 3. The summed E-state index contributed by atoms with van der Waals surface area (Å²) in [4.78, 5) is 34.6. The van der Waals surface area contributed by atoms with Crippen LogP contribution in [0.3, 0.4) is 0 Å². The largest absolute Gasteiger partial charge is 0.378 e. The molecule has 1 saturated heterocycles. The summed E-state index contributed by atoms with van der Waals surface area (Å²) < 4.78 is 5.12. The van der Waals surface area contributed by atoms with Crippen molar-refractivity contribution in [1.82, 2.24) is 10.2 Å². The van der Waals surface area contributed by atoms with E-state index in [1.54, 1.807) is 0 Å². The molecule has 0 aliphatic carbocycles. The van der Waals surface area contributed by atoms with Gasteiger partial charge in [-0.05, 0) is 0 Å². The Balaban J connectivity index is 2.63. The van der Waals surface area contributed by atoms with E-state index < -0.39 is 23.8 Å². The molecule has 0 aromatic carbocycles. The molecule has 1 heterocycles. The van der Waals surface area contributed by atoms with Gasteiger partial charge in [0.05, 0.1) is 26.3 Å². The van der Waals surface area contributed by atoms with E-state index in [0.717, 1.165) is 4.90 Å². The minimum absolute atomic E-state index is 0.201. The second kappa shape index (κ2) is 6.16. The Hall–Kier alpha value is -1.67. The molecular formula is C9H16N4O4. The van der Waals surface area contributed by atoms with E-state index >= 15 is 0 Å². The van der Waals surface area contributed by atoms with Crippen LogP contribution in [0.1, 0.15) is 0 Å². The van der Waals surface area contributed by atoms with Crippen molar-refractivity contribution in [2.24, 2.45) is 11.5 Å². The van der Waals surface area contributed by atoms with Crippen LogP contribution in [-0.2, 0) is 19.1 Å². The molecule has 8 heteroatoms. The molecule has 1 atom stereocenters. The molecule has 1 fully saturated rings. The number of ether oxygens (including phenoxy) is 1. The minimum Gasteiger partial charge on any atom is -0.378 e. The van der Waals surface area contributed by atoms with E-state index in [-0.39, 0.29) is 19.7 Å². The highest BCUT2D eigenvalue weighted by Gasteiger charge is 2.27. The zero-order valence-electron chi connectivity index (χ0n) is 9.35. The lowest BCUT2D eigenvalue weighted by Gasteiger charge is -2.28. The predicted molar refractivity (Wildman–Crippen MR) is 57.6 cm³/mol. The van der Waals surface area contributed by atoms with Crippen LogP contribution in [-0.4, -0.2) is 61.5 Å². The Bertz CT molecular complexity index is 298. The van der Waals surface area contributed by atoms with Crippen LogP contribution >= 0.6 is 0 Å². The lowest BCUT2D eigenvalue weighted by molar-refractivity contribution is -0.141. The van der Waals surface area contributed by atoms with Crippen LogP contribution in [0.4, 0.5) is 0 Å². The summed E-state index contributed by atoms with van der Waals surface area (Å²) in [5.41, 5.74) is 10.00. The van der Waals surface area contributed by atoms with Gasteiger partial charge in [-0.15, -0.1) is 0 Å². The van der Waals surface area contributed by atoms with Crippen molar-refractivity contribution < 1.29 is 19.1 Å². The van der Waals surface area contributed by atoms with E-state index in [4.69, 9.17) is 16.2 Å². The van der Waals surface area contributed by atoms with Gasteiger partial charge in [-0.25, -0.2) is 0 Å². The third kappa shape index (κ3) is 4.37. The van der Waals surface area contributed by atoms with Crippen molar-refractivity contribution >= 4 is 17.7 Å². The van der Waals surface area contributed by atoms with E-state index in [2.05, 4.69) is 5.32 Å². The standard InChI is InChI=1S/C9H16N4O4/c10-7(14)3-13(4-8(11)15)9(16)6-5-17-2-1-12-6/h6,12H,1-5H2,(H2,10,14)(H2,11,15). The molecule has 1 unspecified atom stereocenters. The van der Waals surface area contributed by atoms with Gasteiger partial charge in [0.1, 0.15) is 6.04 Å². The minimum atomic E-state index is -0.698. The van der Waals surface area contributed by atoms with Crippen molar-refractivity contribution in [3.8, 4) is 0 Å². The fourth-order valence-electron chi connectivity index (χ4n) is 1.53. The second-order valence-electron chi connectivity index (χ2n) is 3.71. The molecule has 0 aromatic heterocycles. The van der Waals surface area contributed by atoms with E-state index in [1.807, 2.05) is 0 Å². The van der Waals surface area contributed by atoms with Crippen molar-refractivity contribution in [2.75, 3.05) is 32.8 Å². The van der Waals surface area contributed by atoms with Gasteiger partial charge in [0.25, 0.3) is 0 Å². The molecule has 1 aliphatic rings. The summed E-state index contributed by atoms with van der Waals surface area (Å²) in [5.74, 6) is -1.81. The van der Waals surface area contributed by atoms with Crippen LogP contribution in [0, 0.1) is 0 Å². The van der Waals surface area contributed by atoms with Gasteiger partial charge < -0.3 is 26.4 Å². The van der Waals surface area contributed by atoms with Crippen molar-refractivity contribution in [1.29, 1.82) is 0 Å². The first-order valence-electron chi connectivity index (χ1n) is 5.17. The summed E-state index contributed by atoms with van der Waals surface area (Å²) in [5, 5.41) is 2.93. The Labute approximate surface area is 98.2 Å². The van der Waals surface area contributed by atoms with Gasteiger partial charge in [-0.2, -0.15) is 0 Å². The molecule has 0 saturated carbocycles. The molecule has 0 radical (unpaired) electrons. The first-order chi connectivity index (χ1) is 8.00. The van der Waals surface area contributed by atoms with E-state index in [1.165, 1.54) is 0 Å². The highest BCUT2D eigenvalue weighted by Crippen LogP contribution is 2.00. The summed E-state index contributed by atoms with van der Waals surface area (Å²) in [6.07, 6.45) is 0. The maximum Gasteiger partial charge on any atom is 0.243 e. The number of nitrogens with zero attached hydrogens (tertiary/aromatic N) is 1. The molecule has 3 amide bonds. The molecule has 17 heavy (non-hydrogen) atoms. The quantitative estimate of drug-likeness (QED) is 0.468. The molecule has 0 bridgehead atoms. The van der Waals surface area contributed by atoms with Gasteiger partial charge in [-0.3, -0.25) is 14.4 Å². The van der Waals surface area contributed by atoms with Gasteiger partial charge in [-0.1, -0.05) is 0 Å². The normalized spacial score (nSPS) is 19.6. The van der Waals surface area contributed by atoms with Gasteiger partial charge in [0.2, 0.25) is 17.7 Å². The van der Waals surface area contributed by atoms with Crippen molar-refractivity contribution in [3.63, 3.8) is 0 Å². The first-order valence-corrected chi connectivity index (χ1v) is 5.17. The lowest BCUT2D eigenvalue weighted by Crippen LogP contribution is -2.55. The van der Waals surface area contributed by atoms with E-state index in [0.29, 0.717) is 13.2 Å². The summed E-state index contributed by atoms with van der Waals surface area (Å²) in [7, 11) is 0. The number of amides is 3. The molecule has 96 valence electrons.